The van der Waals surface area contributed by atoms with Crippen molar-refractivity contribution in [2.75, 3.05) is 0 Å². The van der Waals surface area contributed by atoms with E-state index in [0.29, 0.717) is 0 Å². The Morgan fingerprint density at radius 3 is 2.54 bits per heavy atom. The van der Waals surface area contributed by atoms with E-state index in [0.717, 1.165) is 32.8 Å². The van der Waals surface area contributed by atoms with Crippen molar-refractivity contribution in [1.29, 1.82) is 0 Å². The summed E-state index contributed by atoms with van der Waals surface area (Å²) in [6.07, 6.45) is 2.72. The molecule has 0 spiro atoms. The fourth-order valence-corrected chi connectivity index (χ4v) is 3.09. The Balaban J connectivity index is 1.82. The van der Waals surface area contributed by atoms with Gasteiger partial charge in [0.05, 0.1) is 5.69 Å². The van der Waals surface area contributed by atoms with E-state index in [1.807, 2.05) is 72.8 Å². The van der Waals surface area contributed by atoms with E-state index in [-0.39, 0.29) is 0 Å². The molecule has 3 aromatic rings. The summed E-state index contributed by atoms with van der Waals surface area (Å²) in [5.74, 6) is -0.953. The Bertz CT molecular complexity index is 876. The lowest BCUT2D eigenvalue weighted by atomic mass is 10.1. The number of benzene rings is 2. The third-order valence-electron chi connectivity index (χ3n) is 3.29. The van der Waals surface area contributed by atoms with E-state index < -0.39 is 5.97 Å². The van der Waals surface area contributed by atoms with Crippen LogP contribution in [0.25, 0.3) is 17.3 Å². The molecule has 0 atom stereocenters. The highest BCUT2D eigenvalue weighted by molar-refractivity contribution is 7.99. The summed E-state index contributed by atoms with van der Waals surface area (Å²) in [5.41, 5.74) is 2.86. The fourth-order valence-electron chi connectivity index (χ4n) is 2.21. The summed E-state index contributed by atoms with van der Waals surface area (Å²) in [6.45, 7) is 0. The first-order valence-electron chi connectivity index (χ1n) is 7.42. The molecule has 1 heterocycles. The average Bonchev–Trinajstić information content (AvgIpc) is 2.61. The second-order valence-corrected chi connectivity index (χ2v) is 6.17. The number of carboxylic acid groups (broad SMARTS) is 1. The molecule has 0 saturated carbocycles. The molecule has 118 valence electrons. The molecular weight excluding hydrogens is 318 g/mol. The van der Waals surface area contributed by atoms with E-state index in [9.17, 15) is 4.79 Å². The Morgan fingerprint density at radius 1 is 0.958 bits per heavy atom. The second kappa shape index (κ2) is 7.62. The smallest absolute Gasteiger partial charge is 0.328 e. The van der Waals surface area contributed by atoms with Crippen LogP contribution in [0.5, 0.6) is 0 Å². The molecule has 0 amide bonds. The average molecular weight is 333 g/mol. The minimum Gasteiger partial charge on any atom is -0.478 e. The molecule has 0 radical (unpaired) electrons. The van der Waals surface area contributed by atoms with Crippen LogP contribution in [-0.4, -0.2) is 16.1 Å². The van der Waals surface area contributed by atoms with Gasteiger partial charge in [-0.2, -0.15) is 0 Å². The predicted octanol–water partition coefficient (Wildman–Crippen LogP) is 5.00. The van der Waals surface area contributed by atoms with Gasteiger partial charge < -0.3 is 5.11 Å². The number of hydrogen-bond acceptors (Lipinski definition) is 3. The van der Waals surface area contributed by atoms with Crippen LogP contribution in [0.1, 0.15) is 5.56 Å². The number of carboxylic acids is 1. The highest BCUT2D eigenvalue weighted by Gasteiger charge is 2.03. The second-order valence-electron chi connectivity index (χ2n) is 5.07. The topological polar surface area (TPSA) is 50.2 Å². The molecule has 2 aromatic carbocycles. The number of carbonyl (C=O) groups is 1. The molecular formula is C20H15NO2S. The van der Waals surface area contributed by atoms with Crippen LogP contribution in [0, 0.1) is 0 Å². The molecule has 1 N–H and O–H groups in total. The van der Waals surface area contributed by atoms with Gasteiger partial charge in [0, 0.05) is 16.5 Å². The van der Waals surface area contributed by atoms with Gasteiger partial charge >= 0.3 is 5.97 Å². The zero-order valence-electron chi connectivity index (χ0n) is 12.8. The molecule has 0 bridgehead atoms. The van der Waals surface area contributed by atoms with Gasteiger partial charge in [0.1, 0.15) is 5.03 Å². The summed E-state index contributed by atoms with van der Waals surface area (Å²) in [6, 6.07) is 23.7. The first-order chi connectivity index (χ1) is 11.7. The third kappa shape index (κ3) is 4.33. The summed E-state index contributed by atoms with van der Waals surface area (Å²) < 4.78 is 0. The largest absolute Gasteiger partial charge is 0.478 e. The van der Waals surface area contributed by atoms with E-state index in [4.69, 9.17) is 10.1 Å². The van der Waals surface area contributed by atoms with Crippen molar-refractivity contribution in [3.63, 3.8) is 0 Å². The van der Waals surface area contributed by atoms with Crippen LogP contribution in [0.15, 0.2) is 88.8 Å². The van der Waals surface area contributed by atoms with Crippen molar-refractivity contribution >= 4 is 23.8 Å². The maximum absolute atomic E-state index is 10.6. The van der Waals surface area contributed by atoms with Gasteiger partial charge in [-0.3, -0.25) is 0 Å². The molecule has 1 aromatic heterocycles. The first kappa shape index (κ1) is 16.0. The van der Waals surface area contributed by atoms with Gasteiger partial charge in [-0.1, -0.05) is 60.3 Å². The molecule has 3 nitrogen and oxygen atoms in total. The maximum atomic E-state index is 10.6. The lowest BCUT2D eigenvalue weighted by molar-refractivity contribution is -0.131. The van der Waals surface area contributed by atoms with Crippen LogP contribution in [0.3, 0.4) is 0 Å². The van der Waals surface area contributed by atoms with Gasteiger partial charge in [0.15, 0.2) is 0 Å². The standard InChI is InChI=1S/C20H15NO2S/c22-20(23)13-12-15-6-4-9-17(14-15)24-19-11-5-10-18(21-19)16-7-2-1-3-8-16/h1-14H,(H,22,23). The molecule has 24 heavy (non-hydrogen) atoms. The molecule has 0 saturated heterocycles. The molecule has 0 aliphatic rings. The highest BCUT2D eigenvalue weighted by atomic mass is 32.2. The number of aromatic nitrogens is 1. The van der Waals surface area contributed by atoms with Crippen molar-refractivity contribution in [3.8, 4) is 11.3 Å². The lowest BCUT2D eigenvalue weighted by Gasteiger charge is -2.05. The summed E-state index contributed by atoms with van der Waals surface area (Å²) in [5, 5.41) is 9.61. The number of hydrogen-bond donors (Lipinski definition) is 1. The molecule has 4 heteroatoms. The monoisotopic (exact) mass is 333 g/mol. The molecule has 0 aliphatic heterocycles. The van der Waals surface area contributed by atoms with E-state index >= 15 is 0 Å². The number of aliphatic carboxylic acids is 1. The van der Waals surface area contributed by atoms with Crippen LogP contribution in [0.2, 0.25) is 0 Å². The third-order valence-corrected chi connectivity index (χ3v) is 4.22. The zero-order chi connectivity index (χ0) is 16.8. The van der Waals surface area contributed by atoms with E-state index in [1.54, 1.807) is 17.8 Å². The highest BCUT2D eigenvalue weighted by Crippen LogP contribution is 2.28. The normalized spacial score (nSPS) is 10.8. The van der Waals surface area contributed by atoms with E-state index in [2.05, 4.69) is 0 Å². The Labute approximate surface area is 144 Å². The summed E-state index contributed by atoms with van der Waals surface area (Å²) in [7, 11) is 0. The van der Waals surface area contributed by atoms with Crippen molar-refractivity contribution < 1.29 is 9.90 Å². The van der Waals surface area contributed by atoms with Crippen LogP contribution in [0.4, 0.5) is 0 Å². The van der Waals surface area contributed by atoms with Gasteiger partial charge in [-0.25, -0.2) is 9.78 Å². The van der Waals surface area contributed by atoms with Crippen LogP contribution in [-0.2, 0) is 4.79 Å². The maximum Gasteiger partial charge on any atom is 0.328 e. The minimum atomic E-state index is -0.953. The minimum absolute atomic E-state index is 0.849. The van der Waals surface area contributed by atoms with Crippen molar-refractivity contribution in [1.82, 2.24) is 4.98 Å². The molecule has 0 unspecified atom stereocenters. The number of nitrogens with zero attached hydrogens (tertiary/aromatic N) is 1. The lowest BCUT2D eigenvalue weighted by Crippen LogP contribution is -1.87. The van der Waals surface area contributed by atoms with Crippen molar-refractivity contribution in [2.24, 2.45) is 0 Å². The summed E-state index contributed by atoms with van der Waals surface area (Å²) >= 11 is 1.55. The van der Waals surface area contributed by atoms with Crippen molar-refractivity contribution in [3.05, 3.63) is 84.4 Å². The van der Waals surface area contributed by atoms with Gasteiger partial charge in [0.25, 0.3) is 0 Å². The first-order valence-corrected chi connectivity index (χ1v) is 8.24. The Hall–Kier alpha value is -2.85. The molecule has 0 fully saturated rings. The zero-order valence-corrected chi connectivity index (χ0v) is 13.6. The quantitative estimate of drug-likeness (QED) is 0.668. The van der Waals surface area contributed by atoms with Gasteiger partial charge in [-0.15, -0.1) is 0 Å². The van der Waals surface area contributed by atoms with E-state index in [1.165, 1.54) is 0 Å². The molecule has 0 aliphatic carbocycles. The SMILES string of the molecule is O=C(O)C=Cc1cccc(Sc2cccc(-c3ccccc3)n2)c1. The number of pyridine rings is 1. The fraction of sp³-hybridized carbons (Fsp3) is 0. The van der Waals surface area contributed by atoms with Crippen LogP contribution >= 0.6 is 11.8 Å². The van der Waals surface area contributed by atoms with Gasteiger partial charge in [0.2, 0.25) is 0 Å². The van der Waals surface area contributed by atoms with Gasteiger partial charge in [-0.05, 0) is 35.9 Å². The Morgan fingerprint density at radius 2 is 1.75 bits per heavy atom. The van der Waals surface area contributed by atoms with Crippen LogP contribution < -0.4 is 0 Å². The Kier molecular flexibility index (Phi) is 5.08. The summed E-state index contributed by atoms with van der Waals surface area (Å²) in [4.78, 5) is 16.3. The number of rotatable bonds is 5. The predicted molar refractivity (Wildman–Crippen MR) is 96.9 cm³/mol. The van der Waals surface area contributed by atoms with Crippen molar-refractivity contribution in [2.45, 2.75) is 9.92 Å². The molecule has 3 rings (SSSR count).